The van der Waals surface area contributed by atoms with E-state index in [4.69, 9.17) is 9.47 Å². The van der Waals surface area contributed by atoms with Crippen molar-refractivity contribution in [1.82, 2.24) is 4.90 Å². The van der Waals surface area contributed by atoms with Crippen LogP contribution in [0, 0.1) is 0 Å². The van der Waals surface area contributed by atoms with Crippen LogP contribution in [0.1, 0.15) is 22.8 Å². The topological polar surface area (TPSA) is 50.8 Å². The van der Waals surface area contributed by atoms with Crippen LogP contribution < -0.4 is 10.1 Å². The molecule has 136 valence electrons. The van der Waals surface area contributed by atoms with E-state index in [1.165, 1.54) is 0 Å². The Hall–Kier alpha value is -2.79. The van der Waals surface area contributed by atoms with Crippen LogP contribution in [0.5, 0.6) is 5.75 Å². The molecule has 0 fully saturated rings. The molecule has 0 bridgehead atoms. The van der Waals surface area contributed by atoms with Crippen molar-refractivity contribution in [2.75, 3.05) is 32.2 Å². The van der Waals surface area contributed by atoms with E-state index in [1.807, 2.05) is 55.5 Å². The first-order valence-electron chi connectivity index (χ1n) is 8.62. The Kier molecular flexibility index (Phi) is 5.28. The predicted octanol–water partition coefficient (Wildman–Crippen LogP) is 3.64. The Morgan fingerprint density at radius 3 is 2.77 bits per heavy atom. The predicted molar refractivity (Wildman–Crippen MR) is 102 cm³/mol. The zero-order chi connectivity index (χ0) is 18.6. The highest BCUT2D eigenvalue weighted by atomic mass is 16.5. The summed E-state index contributed by atoms with van der Waals surface area (Å²) in [5.41, 5.74) is 1.72. The average Bonchev–Trinajstić information content (AvgIpc) is 2.66. The van der Waals surface area contributed by atoms with Gasteiger partial charge in [0, 0.05) is 24.9 Å². The minimum Gasteiger partial charge on any atom is -0.491 e. The highest BCUT2D eigenvalue weighted by Gasteiger charge is 2.41. The molecule has 2 aromatic carbocycles. The maximum Gasteiger partial charge on any atom is 0.258 e. The van der Waals surface area contributed by atoms with Crippen LogP contribution in [-0.4, -0.2) is 37.7 Å². The van der Waals surface area contributed by atoms with Crippen molar-refractivity contribution in [3.8, 4) is 5.75 Å². The van der Waals surface area contributed by atoms with Crippen molar-refractivity contribution in [1.29, 1.82) is 0 Å². The van der Waals surface area contributed by atoms with Crippen LogP contribution >= 0.6 is 0 Å². The Labute approximate surface area is 154 Å². The number of ether oxygens (including phenoxy) is 2. The fourth-order valence-electron chi connectivity index (χ4n) is 3.21. The Morgan fingerprint density at radius 1 is 1.19 bits per heavy atom. The lowest BCUT2D eigenvalue weighted by Crippen LogP contribution is -2.55. The lowest BCUT2D eigenvalue weighted by atomic mass is 9.93. The molecule has 5 nitrogen and oxygen atoms in total. The van der Waals surface area contributed by atoms with Gasteiger partial charge in [0.15, 0.2) is 0 Å². The van der Waals surface area contributed by atoms with Gasteiger partial charge in [-0.05, 0) is 31.2 Å². The van der Waals surface area contributed by atoms with E-state index in [1.54, 1.807) is 18.1 Å². The Bertz CT molecular complexity index is 805. The van der Waals surface area contributed by atoms with E-state index in [9.17, 15) is 4.79 Å². The van der Waals surface area contributed by atoms with Crippen LogP contribution in [0.2, 0.25) is 0 Å². The number of hydrogen-bond acceptors (Lipinski definition) is 4. The number of carbonyl (C=O) groups is 1. The highest BCUT2D eigenvalue weighted by molar-refractivity contribution is 6.02. The van der Waals surface area contributed by atoms with Gasteiger partial charge >= 0.3 is 0 Å². The molecular weight excluding hydrogens is 328 g/mol. The molecule has 1 amide bonds. The first-order chi connectivity index (χ1) is 12.6. The van der Waals surface area contributed by atoms with Gasteiger partial charge in [-0.25, -0.2) is 0 Å². The number of carbonyl (C=O) groups excluding carboxylic acids is 1. The van der Waals surface area contributed by atoms with Gasteiger partial charge in [-0.1, -0.05) is 30.3 Å². The summed E-state index contributed by atoms with van der Waals surface area (Å²) in [6, 6.07) is 15.3. The third kappa shape index (κ3) is 3.30. The fraction of sp³-hybridized carbons (Fsp3) is 0.286. The number of para-hydroxylation sites is 1. The molecular formula is C21H24N2O3. The third-order valence-corrected chi connectivity index (χ3v) is 4.58. The van der Waals surface area contributed by atoms with Gasteiger partial charge in [0.1, 0.15) is 18.0 Å². The van der Waals surface area contributed by atoms with E-state index < -0.39 is 5.66 Å². The largest absolute Gasteiger partial charge is 0.491 e. The molecule has 1 N–H and O–H groups in total. The SMILES string of the molecule is C=CCN1C(=O)c2ccccc2NC1(C)c1cccc(OCCOC)c1. The van der Waals surface area contributed by atoms with Crippen molar-refractivity contribution in [3.63, 3.8) is 0 Å². The summed E-state index contributed by atoms with van der Waals surface area (Å²) >= 11 is 0. The number of nitrogens with zero attached hydrogens (tertiary/aromatic N) is 1. The summed E-state index contributed by atoms with van der Waals surface area (Å²) < 4.78 is 10.8. The van der Waals surface area contributed by atoms with Gasteiger partial charge < -0.3 is 19.7 Å². The number of hydrogen-bond donors (Lipinski definition) is 1. The molecule has 1 aliphatic rings. The van der Waals surface area contributed by atoms with Crippen molar-refractivity contribution in [2.45, 2.75) is 12.6 Å². The van der Waals surface area contributed by atoms with Crippen LogP contribution in [0.4, 0.5) is 5.69 Å². The average molecular weight is 352 g/mol. The van der Waals surface area contributed by atoms with Gasteiger partial charge in [-0.15, -0.1) is 6.58 Å². The lowest BCUT2D eigenvalue weighted by Gasteiger charge is -2.46. The van der Waals surface area contributed by atoms with Crippen molar-refractivity contribution in [3.05, 3.63) is 72.3 Å². The second-order valence-corrected chi connectivity index (χ2v) is 6.32. The molecule has 1 atom stereocenters. The highest BCUT2D eigenvalue weighted by Crippen LogP contribution is 2.38. The summed E-state index contributed by atoms with van der Waals surface area (Å²) in [6.45, 7) is 7.24. The zero-order valence-electron chi connectivity index (χ0n) is 15.2. The van der Waals surface area contributed by atoms with Crippen LogP contribution in [-0.2, 0) is 10.4 Å². The zero-order valence-corrected chi connectivity index (χ0v) is 15.2. The monoisotopic (exact) mass is 352 g/mol. The normalized spacial score (nSPS) is 18.8. The summed E-state index contributed by atoms with van der Waals surface area (Å²) in [7, 11) is 1.64. The number of amides is 1. The van der Waals surface area contributed by atoms with Gasteiger partial charge in [0.25, 0.3) is 5.91 Å². The summed E-state index contributed by atoms with van der Waals surface area (Å²) in [5, 5.41) is 3.53. The number of benzene rings is 2. The minimum atomic E-state index is -0.708. The van der Waals surface area contributed by atoms with Crippen molar-refractivity contribution in [2.24, 2.45) is 0 Å². The number of nitrogens with one attached hydrogen (secondary N) is 1. The van der Waals surface area contributed by atoms with E-state index >= 15 is 0 Å². The number of rotatable bonds is 7. The molecule has 0 spiro atoms. The second kappa shape index (κ2) is 7.62. The van der Waals surface area contributed by atoms with E-state index in [0.717, 1.165) is 17.0 Å². The number of anilines is 1. The maximum atomic E-state index is 13.1. The molecule has 0 aliphatic carbocycles. The number of fused-ring (bicyclic) bond motifs is 1. The van der Waals surface area contributed by atoms with E-state index in [-0.39, 0.29) is 5.91 Å². The first kappa shape index (κ1) is 18.0. The summed E-state index contributed by atoms with van der Waals surface area (Å²) in [5.74, 6) is 0.722. The molecule has 1 aliphatic heterocycles. The second-order valence-electron chi connectivity index (χ2n) is 6.32. The van der Waals surface area contributed by atoms with Crippen LogP contribution in [0.25, 0.3) is 0 Å². The summed E-state index contributed by atoms with van der Waals surface area (Å²) in [6.07, 6.45) is 1.74. The lowest BCUT2D eigenvalue weighted by molar-refractivity contribution is 0.0571. The Morgan fingerprint density at radius 2 is 2.00 bits per heavy atom. The quantitative estimate of drug-likeness (QED) is 0.611. The van der Waals surface area contributed by atoms with Crippen molar-refractivity contribution < 1.29 is 14.3 Å². The molecule has 0 radical (unpaired) electrons. The minimum absolute atomic E-state index is 0.0209. The van der Waals surface area contributed by atoms with Gasteiger partial charge in [0.2, 0.25) is 0 Å². The van der Waals surface area contributed by atoms with Gasteiger partial charge in [-0.2, -0.15) is 0 Å². The molecule has 1 heterocycles. The Balaban J connectivity index is 1.99. The molecule has 5 heteroatoms. The molecule has 1 unspecified atom stereocenters. The molecule has 2 aromatic rings. The van der Waals surface area contributed by atoms with Gasteiger partial charge in [-0.3, -0.25) is 4.79 Å². The van der Waals surface area contributed by atoms with Gasteiger partial charge in [0.05, 0.1) is 12.2 Å². The smallest absolute Gasteiger partial charge is 0.258 e. The number of methoxy groups -OCH3 is 1. The van der Waals surface area contributed by atoms with Crippen molar-refractivity contribution >= 4 is 11.6 Å². The van der Waals surface area contributed by atoms with E-state index in [2.05, 4.69) is 11.9 Å². The first-order valence-corrected chi connectivity index (χ1v) is 8.62. The molecule has 0 aromatic heterocycles. The summed E-state index contributed by atoms with van der Waals surface area (Å²) in [4.78, 5) is 14.9. The molecule has 26 heavy (non-hydrogen) atoms. The maximum absolute atomic E-state index is 13.1. The molecule has 0 saturated heterocycles. The van der Waals surface area contributed by atoms with Crippen LogP contribution in [0.3, 0.4) is 0 Å². The molecule has 3 rings (SSSR count). The molecule has 0 saturated carbocycles. The van der Waals surface area contributed by atoms with E-state index in [0.29, 0.717) is 25.3 Å². The van der Waals surface area contributed by atoms with Crippen LogP contribution in [0.15, 0.2) is 61.2 Å². The third-order valence-electron chi connectivity index (χ3n) is 4.58. The fourth-order valence-corrected chi connectivity index (χ4v) is 3.21. The standard InChI is InChI=1S/C21H24N2O3/c1-4-12-23-20(24)18-10-5-6-11-19(18)22-21(23,2)16-8-7-9-17(15-16)26-14-13-25-3/h4-11,15,22H,1,12-14H2,2-3H3.